The first-order valence-corrected chi connectivity index (χ1v) is 4.83. The van der Waals surface area contributed by atoms with E-state index in [0.717, 1.165) is 16.2 Å². The van der Waals surface area contributed by atoms with E-state index in [4.69, 9.17) is 5.11 Å². The van der Waals surface area contributed by atoms with Gasteiger partial charge in [-0.15, -0.1) is 11.3 Å². The molecular formula is C7H7BrF2OS. The fraction of sp³-hybridized carbons (Fsp3) is 0.429. The second-order valence-corrected chi connectivity index (χ2v) is 4.77. The third kappa shape index (κ3) is 2.24. The first-order valence-electron chi connectivity index (χ1n) is 3.22. The van der Waals surface area contributed by atoms with Crippen LogP contribution >= 0.6 is 27.3 Å². The van der Waals surface area contributed by atoms with Gasteiger partial charge in [-0.25, -0.2) is 0 Å². The summed E-state index contributed by atoms with van der Waals surface area (Å²) < 4.78 is 25.0. The van der Waals surface area contributed by atoms with Gasteiger partial charge in [0.2, 0.25) is 0 Å². The van der Waals surface area contributed by atoms with Gasteiger partial charge in [0.15, 0.2) is 6.10 Å². The Kier molecular flexibility index (Phi) is 2.85. The maximum atomic E-state index is 12.5. The van der Waals surface area contributed by atoms with E-state index < -0.39 is 10.9 Å². The first kappa shape index (κ1) is 10.1. The Morgan fingerprint density at radius 2 is 2.17 bits per heavy atom. The van der Waals surface area contributed by atoms with E-state index in [1.807, 2.05) is 0 Å². The van der Waals surface area contributed by atoms with Crippen molar-refractivity contribution in [1.29, 1.82) is 0 Å². The van der Waals surface area contributed by atoms with Gasteiger partial charge in [0.05, 0.1) is 0 Å². The predicted octanol–water partition coefficient (Wildman–Crippen LogP) is 3.08. The van der Waals surface area contributed by atoms with Crippen LogP contribution in [0.15, 0.2) is 12.1 Å². The van der Waals surface area contributed by atoms with E-state index in [0.29, 0.717) is 0 Å². The van der Waals surface area contributed by atoms with E-state index >= 15 is 0 Å². The zero-order valence-corrected chi connectivity index (χ0v) is 8.62. The summed E-state index contributed by atoms with van der Waals surface area (Å²) >= 11 is 3.28. The van der Waals surface area contributed by atoms with Gasteiger partial charge in [-0.05, 0) is 35.0 Å². The van der Waals surface area contributed by atoms with Crippen molar-refractivity contribution >= 4 is 27.3 Å². The maximum absolute atomic E-state index is 12.5. The Balaban J connectivity index is 2.85. The highest BCUT2D eigenvalue weighted by Crippen LogP contribution is 2.38. The molecule has 5 heteroatoms. The second-order valence-electron chi connectivity index (χ2n) is 2.39. The Labute approximate surface area is 81.2 Å². The molecule has 1 aromatic rings. The number of aliphatic hydroxyl groups excluding tert-OH is 1. The number of hydrogen-bond donors (Lipinski definition) is 1. The number of rotatable bonds is 2. The first-order chi connectivity index (χ1) is 5.41. The molecule has 1 rings (SSSR count). The van der Waals surface area contributed by atoms with Gasteiger partial charge in [-0.1, -0.05) is 0 Å². The third-order valence-electron chi connectivity index (χ3n) is 1.34. The van der Waals surface area contributed by atoms with Crippen molar-refractivity contribution in [3.63, 3.8) is 0 Å². The summed E-state index contributed by atoms with van der Waals surface area (Å²) in [7, 11) is 0. The highest BCUT2D eigenvalue weighted by atomic mass is 79.9. The quantitative estimate of drug-likeness (QED) is 0.807. The fourth-order valence-electron chi connectivity index (χ4n) is 0.762. The number of alkyl halides is 3. The molecule has 1 unspecified atom stereocenters. The Bertz CT molecular complexity index is 269. The highest BCUT2D eigenvalue weighted by Gasteiger charge is 2.36. The molecule has 0 saturated heterocycles. The molecule has 0 amide bonds. The summed E-state index contributed by atoms with van der Waals surface area (Å²) in [6.45, 7) is 1.80. The predicted molar refractivity (Wildman–Crippen MR) is 47.9 cm³/mol. The average molecular weight is 257 g/mol. The van der Waals surface area contributed by atoms with Crippen LogP contribution in [-0.2, 0) is 0 Å². The van der Waals surface area contributed by atoms with Crippen molar-refractivity contribution in [1.82, 2.24) is 0 Å². The van der Waals surface area contributed by atoms with Crippen LogP contribution in [0, 0.1) is 6.92 Å². The molecule has 0 radical (unpaired) electrons. The normalized spacial score (nSPS) is 14.8. The van der Waals surface area contributed by atoms with Crippen LogP contribution in [0.4, 0.5) is 8.78 Å². The maximum Gasteiger partial charge on any atom is 0.331 e. The van der Waals surface area contributed by atoms with E-state index in [1.54, 1.807) is 13.0 Å². The molecule has 1 heterocycles. The third-order valence-corrected chi connectivity index (χ3v) is 2.83. The van der Waals surface area contributed by atoms with Crippen molar-refractivity contribution in [2.45, 2.75) is 17.9 Å². The summed E-state index contributed by atoms with van der Waals surface area (Å²) in [6, 6.07) is 3.20. The molecule has 0 spiro atoms. The molecule has 0 aromatic carbocycles. The molecule has 68 valence electrons. The van der Waals surface area contributed by atoms with Gasteiger partial charge >= 0.3 is 4.83 Å². The van der Waals surface area contributed by atoms with E-state index in [-0.39, 0.29) is 4.88 Å². The molecule has 1 aromatic heterocycles. The van der Waals surface area contributed by atoms with Gasteiger partial charge in [0, 0.05) is 9.75 Å². The molecule has 1 N–H and O–H groups in total. The van der Waals surface area contributed by atoms with Gasteiger partial charge in [0.1, 0.15) is 0 Å². The molecule has 0 saturated carbocycles. The number of hydrogen-bond acceptors (Lipinski definition) is 2. The average Bonchev–Trinajstić information content (AvgIpc) is 2.32. The standard InChI is InChI=1S/C7H7BrF2OS/c1-4-2-3-5(12-4)6(11)7(8,9)10/h2-3,6,11H,1H3. The summed E-state index contributed by atoms with van der Waals surface area (Å²) in [5, 5.41) is 9.08. The van der Waals surface area contributed by atoms with Crippen molar-refractivity contribution in [2.75, 3.05) is 0 Å². The van der Waals surface area contributed by atoms with Crippen LogP contribution in [0.2, 0.25) is 0 Å². The van der Waals surface area contributed by atoms with Crippen molar-refractivity contribution in [3.05, 3.63) is 21.9 Å². The van der Waals surface area contributed by atoms with Crippen LogP contribution in [0.1, 0.15) is 15.9 Å². The minimum absolute atomic E-state index is 0.273. The lowest BCUT2D eigenvalue weighted by Crippen LogP contribution is -2.16. The topological polar surface area (TPSA) is 20.2 Å². The van der Waals surface area contributed by atoms with Crippen molar-refractivity contribution in [2.24, 2.45) is 0 Å². The van der Waals surface area contributed by atoms with E-state index in [9.17, 15) is 8.78 Å². The van der Waals surface area contributed by atoms with Gasteiger partial charge in [-0.2, -0.15) is 8.78 Å². The van der Waals surface area contributed by atoms with Gasteiger partial charge in [-0.3, -0.25) is 0 Å². The van der Waals surface area contributed by atoms with E-state index in [1.165, 1.54) is 6.07 Å². The summed E-state index contributed by atoms with van der Waals surface area (Å²) in [4.78, 5) is -2.07. The summed E-state index contributed by atoms with van der Waals surface area (Å²) in [6.07, 6.45) is -1.75. The zero-order chi connectivity index (χ0) is 9.35. The number of halogens is 3. The molecule has 12 heavy (non-hydrogen) atoms. The molecule has 0 aliphatic carbocycles. The molecule has 1 nitrogen and oxygen atoms in total. The minimum Gasteiger partial charge on any atom is -0.380 e. The number of thiophene rings is 1. The lowest BCUT2D eigenvalue weighted by molar-refractivity contribution is -0.0275. The second kappa shape index (κ2) is 3.40. The lowest BCUT2D eigenvalue weighted by atomic mass is 10.3. The molecule has 0 aliphatic rings. The molecule has 0 fully saturated rings. The van der Waals surface area contributed by atoms with Crippen LogP contribution in [0.5, 0.6) is 0 Å². The largest absolute Gasteiger partial charge is 0.380 e. The molecule has 0 bridgehead atoms. The zero-order valence-electron chi connectivity index (χ0n) is 6.22. The van der Waals surface area contributed by atoms with Crippen LogP contribution in [0.3, 0.4) is 0 Å². The SMILES string of the molecule is Cc1ccc(C(O)C(F)(F)Br)s1. The number of aryl methyl sites for hydroxylation is 1. The Morgan fingerprint density at radius 1 is 1.58 bits per heavy atom. The van der Waals surface area contributed by atoms with Crippen molar-refractivity contribution < 1.29 is 13.9 Å². The molecule has 1 atom stereocenters. The lowest BCUT2D eigenvalue weighted by Gasteiger charge is -2.14. The molecular weight excluding hydrogens is 250 g/mol. The summed E-state index contributed by atoms with van der Waals surface area (Å²) in [5.41, 5.74) is 0. The van der Waals surface area contributed by atoms with Crippen molar-refractivity contribution in [3.8, 4) is 0 Å². The van der Waals surface area contributed by atoms with Crippen LogP contribution in [-0.4, -0.2) is 9.94 Å². The van der Waals surface area contributed by atoms with Gasteiger partial charge < -0.3 is 5.11 Å². The minimum atomic E-state index is -3.25. The highest BCUT2D eigenvalue weighted by molar-refractivity contribution is 9.10. The van der Waals surface area contributed by atoms with E-state index in [2.05, 4.69) is 15.9 Å². The monoisotopic (exact) mass is 256 g/mol. The summed E-state index contributed by atoms with van der Waals surface area (Å²) in [5.74, 6) is 0. The molecule has 0 aliphatic heterocycles. The van der Waals surface area contributed by atoms with Gasteiger partial charge in [0.25, 0.3) is 0 Å². The van der Waals surface area contributed by atoms with Crippen LogP contribution in [0.25, 0.3) is 0 Å². The Hall–Kier alpha value is -0.000000000000000194. The fourth-order valence-corrected chi connectivity index (χ4v) is 2.06. The number of aliphatic hydroxyl groups is 1. The van der Waals surface area contributed by atoms with Crippen LogP contribution < -0.4 is 0 Å². The Morgan fingerprint density at radius 3 is 2.50 bits per heavy atom. The smallest absolute Gasteiger partial charge is 0.331 e.